The van der Waals surface area contributed by atoms with E-state index in [2.05, 4.69) is 31.2 Å². The molecule has 1 saturated heterocycles. The summed E-state index contributed by atoms with van der Waals surface area (Å²) >= 11 is 9.53. The number of hydrogen-bond donors (Lipinski definition) is 2. The van der Waals surface area contributed by atoms with Crippen molar-refractivity contribution in [3.8, 4) is 0 Å². The van der Waals surface area contributed by atoms with Crippen LogP contribution in [-0.4, -0.2) is 34.9 Å². The minimum Gasteiger partial charge on any atom is -0.366 e. The minimum atomic E-state index is -0.567. The van der Waals surface area contributed by atoms with Crippen molar-refractivity contribution in [2.45, 2.75) is 12.8 Å². The van der Waals surface area contributed by atoms with Gasteiger partial charge >= 0.3 is 0 Å². The van der Waals surface area contributed by atoms with E-state index in [0.29, 0.717) is 42.6 Å². The monoisotopic (exact) mass is 437 g/mol. The summed E-state index contributed by atoms with van der Waals surface area (Å²) < 4.78 is 0.857. The molecule has 1 aliphatic heterocycles. The van der Waals surface area contributed by atoms with Gasteiger partial charge in [0.05, 0.1) is 10.6 Å². The molecule has 0 bridgehead atoms. The third-order valence-corrected chi connectivity index (χ3v) is 5.00. The number of pyridine rings is 2. The predicted molar refractivity (Wildman–Crippen MR) is 103 cm³/mol. The standard InChI is InChI=1S/C17H17BrClN5O2/c18-12-1-2-14(21-9-12)23-17(26)10-3-5-24(6-4-10)16-13(19)7-11(8-22-16)15(20)25/h1-2,7-10H,3-6H2,(H2,20,25)(H,21,23,26). The van der Waals surface area contributed by atoms with Gasteiger partial charge in [-0.05, 0) is 47.0 Å². The number of anilines is 2. The average Bonchev–Trinajstić information content (AvgIpc) is 2.63. The highest BCUT2D eigenvalue weighted by Gasteiger charge is 2.27. The number of nitrogens with one attached hydrogen (secondary N) is 1. The normalized spacial score (nSPS) is 14.9. The molecule has 2 aromatic rings. The van der Waals surface area contributed by atoms with E-state index in [-0.39, 0.29) is 17.4 Å². The number of nitrogens with zero attached hydrogens (tertiary/aromatic N) is 3. The second-order valence-electron chi connectivity index (χ2n) is 6.01. The van der Waals surface area contributed by atoms with Crippen LogP contribution in [0, 0.1) is 5.92 Å². The van der Waals surface area contributed by atoms with E-state index in [1.165, 1.54) is 12.3 Å². The molecule has 9 heteroatoms. The van der Waals surface area contributed by atoms with Crippen molar-refractivity contribution in [1.29, 1.82) is 0 Å². The molecular formula is C17H17BrClN5O2. The molecule has 3 N–H and O–H groups in total. The Balaban J connectivity index is 1.59. The molecule has 3 heterocycles. The number of carbonyl (C=O) groups excluding carboxylic acids is 2. The van der Waals surface area contributed by atoms with Crippen LogP contribution in [0.15, 0.2) is 35.1 Å². The van der Waals surface area contributed by atoms with Crippen molar-refractivity contribution in [2.75, 3.05) is 23.3 Å². The van der Waals surface area contributed by atoms with Crippen LogP contribution in [0.1, 0.15) is 23.2 Å². The van der Waals surface area contributed by atoms with Crippen LogP contribution in [0.5, 0.6) is 0 Å². The maximum Gasteiger partial charge on any atom is 0.250 e. The largest absolute Gasteiger partial charge is 0.366 e. The summed E-state index contributed by atoms with van der Waals surface area (Å²) in [5.41, 5.74) is 5.50. The predicted octanol–water partition coefficient (Wildman–Crippen LogP) is 2.85. The maximum absolute atomic E-state index is 12.4. The summed E-state index contributed by atoms with van der Waals surface area (Å²) in [4.78, 5) is 34.0. The van der Waals surface area contributed by atoms with Gasteiger partial charge in [-0.2, -0.15) is 0 Å². The molecule has 0 unspecified atom stereocenters. The first-order valence-electron chi connectivity index (χ1n) is 8.07. The Hall–Kier alpha value is -2.19. The third-order valence-electron chi connectivity index (χ3n) is 4.25. The zero-order valence-corrected chi connectivity index (χ0v) is 16.1. The lowest BCUT2D eigenvalue weighted by Crippen LogP contribution is -2.38. The molecule has 2 aromatic heterocycles. The highest BCUT2D eigenvalue weighted by molar-refractivity contribution is 9.10. The first kappa shape index (κ1) is 18.6. The lowest BCUT2D eigenvalue weighted by Gasteiger charge is -2.32. The van der Waals surface area contributed by atoms with Gasteiger partial charge in [0, 0.05) is 35.9 Å². The molecule has 3 rings (SSSR count). The van der Waals surface area contributed by atoms with Crippen LogP contribution in [-0.2, 0) is 4.79 Å². The van der Waals surface area contributed by atoms with Gasteiger partial charge in [0.1, 0.15) is 11.6 Å². The first-order chi connectivity index (χ1) is 12.4. The van der Waals surface area contributed by atoms with Crippen LogP contribution in [0.4, 0.5) is 11.6 Å². The third kappa shape index (κ3) is 4.31. The molecule has 0 radical (unpaired) electrons. The number of nitrogens with two attached hydrogens (primary N) is 1. The summed E-state index contributed by atoms with van der Waals surface area (Å²) in [5, 5.41) is 3.22. The number of aromatic nitrogens is 2. The second-order valence-corrected chi connectivity index (χ2v) is 7.33. The van der Waals surface area contributed by atoms with Crippen molar-refractivity contribution in [2.24, 2.45) is 11.7 Å². The van der Waals surface area contributed by atoms with Crippen molar-refractivity contribution in [3.05, 3.63) is 45.7 Å². The van der Waals surface area contributed by atoms with Gasteiger partial charge in [0.2, 0.25) is 11.8 Å². The molecule has 2 amide bonds. The first-order valence-corrected chi connectivity index (χ1v) is 9.24. The van der Waals surface area contributed by atoms with Crippen LogP contribution in [0.3, 0.4) is 0 Å². The van der Waals surface area contributed by atoms with Gasteiger partial charge < -0.3 is 16.0 Å². The van der Waals surface area contributed by atoms with E-state index in [4.69, 9.17) is 17.3 Å². The molecule has 0 spiro atoms. The molecule has 26 heavy (non-hydrogen) atoms. The topological polar surface area (TPSA) is 101 Å². The fraction of sp³-hybridized carbons (Fsp3) is 0.294. The Labute approximate surface area is 164 Å². The summed E-state index contributed by atoms with van der Waals surface area (Å²) in [5.74, 6) is 0.434. The van der Waals surface area contributed by atoms with Crippen molar-refractivity contribution < 1.29 is 9.59 Å². The Morgan fingerprint density at radius 3 is 2.54 bits per heavy atom. The average molecular weight is 439 g/mol. The summed E-state index contributed by atoms with van der Waals surface area (Å²) in [6, 6.07) is 5.10. The molecule has 7 nitrogen and oxygen atoms in total. The summed E-state index contributed by atoms with van der Waals surface area (Å²) in [6.07, 6.45) is 4.42. The Morgan fingerprint density at radius 2 is 1.96 bits per heavy atom. The van der Waals surface area contributed by atoms with E-state index in [1.54, 1.807) is 12.3 Å². The van der Waals surface area contributed by atoms with Crippen LogP contribution < -0.4 is 16.0 Å². The number of hydrogen-bond acceptors (Lipinski definition) is 5. The fourth-order valence-electron chi connectivity index (χ4n) is 2.83. The number of rotatable bonds is 4. The zero-order chi connectivity index (χ0) is 18.7. The van der Waals surface area contributed by atoms with Crippen molar-refractivity contribution in [1.82, 2.24) is 9.97 Å². The van der Waals surface area contributed by atoms with Crippen LogP contribution in [0.2, 0.25) is 5.02 Å². The lowest BCUT2D eigenvalue weighted by atomic mass is 9.96. The minimum absolute atomic E-state index is 0.0393. The van der Waals surface area contributed by atoms with Gasteiger partial charge in [0.15, 0.2) is 0 Å². The highest BCUT2D eigenvalue weighted by Crippen LogP contribution is 2.28. The van der Waals surface area contributed by atoms with Gasteiger partial charge in [-0.1, -0.05) is 11.6 Å². The Bertz CT molecular complexity index is 822. The van der Waals surface area contributed by atoms with E-state index in [9.17, 15) is 9.59 Å². The fourth-order valence-corrected chi connectivity index (χ4v) is 3.35. The Kier molecular flexibility index (Phi) is 5.73. The molecule has 1 fully saturated rings. The van der Waals surface area contributed by atoms with Gasteiger partial charge in [-0.25, -0.2) is 9.97 Å². The molecule has 0 aliphatic carbocycles. The van der Waals surface area contributed by atoms with Gasteiger partial charge in [-0.15, -0.1) is 0 Å². The molecule has 1 aliphatic rings. The van der Waals surface area contributed by atoms with Crippen molar-refractivity contribution in [3.63, 3.8) is 0 Å². The van der Waals surface area contributed by atoms with E-state index in [0.717, 1.165) is 4.47 Å². The van der Waals surface area contributed by atoms with Crippen LogP contribution in [0.25, 0.3) is 0 Å². The zero-order valence-electron chi connectivity index (χ0n) is 13.8. The Morgan fingerprint density at radius 1 is 1.23 bits per heavy atom. The van der Waals surface area contributed by atoms with E-state index in [1.807, 2.05) is 11.0 Å². The quantitative estimate of drug-likeness (QED) is 0.764. The van der Waals surface area contributed by atoms with Gasteiger partial charge in [0.25, 0.3) is 0 Å². The van der Waals surface area contributed by atoms with Crippen LogP contribution >= 0.6 is 27.5 Å². The smallest absolute Gasteiger partial charge is 0.250 e. The molecular weight excluding hydrogens is 422 g/mol. The van der Waals surface area contributed by atoms with Gasteiger partial charge in [-0.3, -0.25) is 9.59 Å². The van der Waals surface area contributed by atoms with E-state index >= 15 is 0 Å². The number of carbonyl (C=O) groups is 2. The maximum atomic E-state index is 12.4. The van der Waals surface area contributed by atoms with E-state index < -0.39 is 5.91 Å². The summed E-state index contributed by atoms with van der Waals surface area (Å²) in [7, 11) is 0. The molecule has 0 saturated carbocycles. The number of piperidine rings is 1. The highest BCUT2D eigenvalue weighted by atomic mass is 79.9. The molecule has 0 atom stereocenters. The molecule has 136 valence electrons. The SMILES string of the molecule is NC(=O)c1cnc(N2CCC(C(=O)Nc3ccc(Br)cn3)CC2)c(Cl)c1. The summed E-state index contributed by atoms with van der Waals surface area (Å²) in [6.45, 7) is 1.29. The number of halogens is 2. The number of primary amides is 1. The second kappa shape index (κ2) is 8.01. The van der Waals surface area contributed by atoms with Crippen molar-refractivity contribution >= 4 is 51.0 Å². The number of amides is 2. The molecule has 0 aromatic carbocycles. The lowest BCUT2D eigenvalue weighted by molar-refractivity contribution is -0.120.